The first-order valence-corrected chi connectivity index (χ1v) is 8.22. The van der Waals surface area contributed by atoms with Crippen molar-refractivity contribution in [1.29, 1.82) is 0 Å². The number of hydrogen-bond acceptors (Lipinski definition) is 3. The number of nitrogens with one attached hydrogen (secondary N) is 2. The van der Waals surface area contributed by atoms with Gasteiger partial charge in [0.05, 0.1) is 0 Å². The second-order valence-corrected chi connectivity index (χ2v) is 6.53. The highest BCUT2D eigenvalue weighted by Crippen LogP contribution is 2.29. The lowest BCUT2D eigenvalue weighted by molar-refractivity contribution is -0.118. The summed E-state index contributed by atoms with van der Waals surface area (Å²) in [6, 6.07) is 7.06. The Labute approximate surface area is 145 Å². The Kier molecular flexibility index (Phi) is 4.85. The molecule has 1 aromatic heterocycles. The van der Waals surface area contributed by atoms with E-state index in [0.717, 1.165) is 24.0 Å². The summed E-state index contributed by atoms with van der Waals surface area (Å²) in [4.78, 5) is 16.8. The van der Waals surface area contributed by atoms with Gasteiger partial charge in [-0.25, -0.2) is 0 Å². The number of rotatable bonds is 5. The predicted octanol–water partition coefficient (Wildman–Crippen LogP) is 4.13. The van der Waals surface area contributed by atoms with E-state index in [1.54, 1.807) is 24.5 Å². The SMILES string of the molecule is Cc1c(Cl)cc(NC(=O)C(NC2CC2)c2cccnc2)cc1Cl. The van der Waals surface area contributed by atoms with Crippen LogP contribution in [0, 0.1) is 6.92 Å². The lowest BCUT2D eigenvalue weighted by Gasteiger charge is -2.19. The lowest BCUT2D eigenvalue weighted by Crippen LogP contribution is -2.34. The summed E-state index contributed by atoms with van der Waals surface area (Å²) in [5.41, 5.74) is 2.22. The van der Waals surface area contributed by atoms with Gasteiger partial charge in [-0.05, 0) is 49.1 Å². The van der Waals surface area contributed by atoms with Gasteiger partial charge in [-0.2, -0.15) is 0 Å². The average molecular weight is 350 g/mol. The van der Waals surface area contributed by atoms with Crippen molar-refractivity contribution in [3.05, 3.63) is 57.8 Å². The zero-order chi connectivity index (χ0) is 16.4. The number of hydrogen-bond donors (Lipinski definition) is 2. The molecule has 1 unspecified atom stereocenters. The molecule has 1 aromatic carbocycles. The number of amides is 1. The molecule has 1 aliphatic rings. The molecule has 1 heterocycles. The molecule has 120 valence electrons. The van der Waals surface area contributed by atoms with Crippen molar-refractivity contribution in [1.82, 2.24) is 10.3 Å². The predicted molar refractivity (Wildman–Crippen MR) is 93.0 cm³/mol. The Bertz CT molecular complexity index is 694. The minimum Gasteiger partial charge on any atom is -0.324 e. The highest BCUT2D eigenvalue weighted by atomic mass is 35.5. The maximum Gasteiger partial charge on any atom is 0.246 e. The minimum absolute atomic E-state index is 0.152. The van der Waals surface area contributed by atoms with Crippen molar-refractivity contribution in [2.45, 2.75) is 31.8 Å². The number of carbonyl (C=O) groups excluding carboxylic acids is 1. The van der Waals surface area contributed by atoms with Gasteiger partial charge >= 0.3 is 0 Å². The van der Waals surface area contributed by atoms with Crippen LogP contribution in [-0.2, 0) is 4.79 Å². The first kappa shape index (κ1) is 16.2. The number of aromatic nitrogens is 1. The molecule has 1 aliphatic carbocycles. The van der Waals surface area contributed by atoms with Crippen molar-refractivity contribution in [3.8, 4) is 0 Å². The molecule has 6 heteroatoms. The number of carbonyl (C=O) groups is 1. The second kappa shape index (κ2) is 6.87. The van der Waals surface area contributed by atoms with Gasteiger partial charge in [-0.15, -0.1) is 0 Å². The first-order valence-electron chi connectivity index (χ1n) is 7.47. The van der Waals surface area contributed by atoms with Crippen molar-refractivity contribution >= 4 is 34.8 Å². The number of anilines is 1. The number of pyridine rings is 1. The van der Waals surface area contributed by atoms with Gasteiger partial charge in [0, 0.05) is 34.2 Å². The summed E-state index contributed by atoms with van der Waals surface area (Å²) in [5.74, 6) is -0.152. The molecular weight excluding hydrogens is 333 g/mol. The average Bonchev–Trinajstić information content (AvgIpc) is 3.35. The molecular formula is C17H17Cl2N3O. The van der Waals surface area contributed by atoms with E-state index in [2.05, 4.69) is 15.6 Å². The molecule has 0 radical (unpaired) electrons. The normalized spacial score (nSPS) is 15.3. The standard InChI is InChI=1S/C17H17Cl2N3O/c1-10-14(18)7-13(8-15(10)19)22-17(23)16(21-12-4-5-12)11-3-2-6-20-9-11/h2-3,6-9,12,16,21H,4-5H2,1H3,(H,22,23). The Hall–Kier alpha value is -1.62. The largest absolute Gasteiger partial charge is 0.324 e. The maximum absolute atomic E-state index is 12.7. The van der Waals surface area contributed by atoms with Crippen molar-refractivity contribution in [2.24, 2.45) is 0 Å². The summed E-state index contributed by atoms with van der Waals surface area (Å²) in [6.45, 7) is 1.84. The molecule has 2 aromatic rings. The summed E-state index contributed by atoms with van der Waals surface area (Å²) >= 11 is 12.3. The maximum atomic E-state index is 12.7. The Morgan fingerprint density at radius 1 is 1.30 bits per heavy atom. The van der Waals surface area contributed by atoms with Gasteiger partial charge in [0.1, 0.15) is 6.04 Å². The lowest BCUT2D eigenvalue weighted by atomic mass is 10.1. The van der Waals surface area contributed by atoms with E-state index in [0.29, 0.717) is 21.8 Å². The third-order valence-corrected chi connectivity index (χ3v) is 4.59. The van der Waals surface area contributed by atoms with Crippen molar-refractivity contribution in [2.75, 3.05) is 5.32 Å². The molecule has 1 fully saturated rings. The van der Waals surface area contributed by atoms with Gasteiger partial charge in [-0.1, -0.05) is 29.3 Å². The number of halogens is 2. The summed E-state index contributed by atoms with van der Waals surface area (Å²) in [6.07, 6.45) is 5.57. The van der Waals surface area contributed by atoms with Crippen LogP contribution in [0.3, 0.4) is 0 Å². The van der Waals surface area contributed by atoms with Crippen LogP contribution < -0.4 is 10.6 Å². The van der Waals surface area contributed by atoms with Crippen LogP contribution in [0.1, 0.15) is 30.0 Å². The Balaban J connectivity index is 1.81. The van der Waals surface area contributed by atoms with E-state index in [1.165, 1.54) is 0 Å². The first-order chi connectivity index (χ1) is 11.0. The third kappa shape index (κ3) is 4.02. The van der Waals surface area contributed by atoms with Crippen LogP contribution in [0.15, 0.2) is 36.7 Å². The van der Waals surface area contributed by atoms with Gasteiger partial charge < -0.3 is 5.32 Å². The second-order valence-electron chi connectivity index (χ2n) is 5.71. The van der Waals surface area contributed by atoms with Gasteiger partial charge in [0.25, 0.3) is 0 Å². The molecule has 0 spiro atoms. The van der Waals surface area contributed by atoms with Crippen molar-refractivity contribution < 1.29 is 4.79 Å². The van der Waals surface area contributed by atoms with E-state index in [-0.39, 0.29) is 5.91 Å². The molecule has 2 N–H and O–H groups in total. The fraction of sp³-hybridized carbons (Fsp3) is 0.294. The van der Waals surface area contributed by atoms with Crippen molar-refractivity contribution in [3.63, 3.8) is 0 Å². The van der Waals surface area contributed by atoms with Crippen LogP contribution in [-0.4, -0.2) is 16.9 Å². The monoisotopic (exact) mass is 349 g/mol. The highest BCUT2D eigenvalue weighted by molar-refractivity contribution is 6.36. The van der Waals surface area contributed by atoms with E-state index in [1.807, 2.05) is 19.1 Å². The van der Waals surface area contributed by atoms with Gasteiger partial charge in [0.2, 0.25) is 5.91 Å². The van der Waals surface area contributed by atoms with Crippen LogP contribution in [0.25, 0.3) is 0 Å². The molecule has 1 atom stereocenters. The van der Waals surface area contributed by atoms with E-state index < -0.39 is 6.04 Å². The quantitative estimate of drug-likeness (QED) is 0.853. The van der Waals surface area contributed by atoms with E-state index in [9.17, 15) is 4.79 Å². The summed E-state index contributed by atoms with van der Waals surface area (Å²) < 4.78 is 0. The van der Waals surface area contributed by atoms with Crippen LogP contribution in [0.5, 0.6) is 0 Å². The zero-order valence-corrected chi connectivity index (χ0v) is 14.2. The van der Waals surface area contributed by atoms with E-state index >= 15 is 0 Å². The summed E-state index contributed by atoms with van der Waals surface area (Å²) in [5, 5.41) is 7.29. The molecule has 23 heavy (non-hydrogen) atoms. The molecule has 3 rings (SSSR count). The minimum atomic E-state index is -0.449. The third-order valence-electron chi connectivity index (χ3n) is 3.81. The molecule has 1 amide bonds. The fourth-order valence-electron chi connectivity index (χ4n) is 2.29. The summed E-state index contributed by atoms with van der Waals surface area (Å²) in [7, 11) is 0. The zero-order valence-electron chi connectivity index (χ0n) is 12.6. The topological polar surface area (TPSA) is 54.0 Å². The van der Waals surface area contributed by atoms with Gasteiger partial charge in [-0.3, -0.25) is 15.1 Å². The Morgan fingerprint density at radius 2 is 2.00 bits per heavy atom. The number of benzene rings is 1. The number of nitrogens with zero attached hydrogens (tertiary/aromatic N) is 1. The molecule has 0 aliphatic heterocycles. The van der Waals surface area contributed by atoms with E-state index in [4.69, 9.17) is 23.2 Å². The smallest absolute Gasteiger partial charge is 0.246 e. The van der Waals surface area contributed by atoms with Gasteiger partial charge in [0.15, 0.2) is 0 Å². The molecule has 0 bridgehead atoms. The van der Waals surface area contributed by atoms with Crippen LogP contribution in [0.2, 0.25) is 10.0 Å². The highest BCUT2D eigenvalue weighted by Gasteiger charge is 2.29. The molecule has 0 saturated heterocycles. The molecule has 4 nitrogen and oxygen atoms in total. The fourth-order valence-corrected chi connectivity index (χ4v) is 2.77. The van der Waals surface area contributed by atoms with Crippen LogP contribution >= 0.6 is 23.2 Å². The Morgan fingerprint density at radius 3 is 2.57 bits per heavy atom. The van der Waals surface area contributed by atoms with Crippen LogP contribution in [0.4, 0.5) is 5.69 Å². The molecule has 1 saturated carbocycles.